The van der Waals surface area contributed by atoms with Crippen LogP contribution in [0.15, 0.2) is 84.9 Å². The van der Waals surface area contributed by atoms with Gasteiger partial charge in [0.15, 0.2) is 6.61 Å². The number of hydrogen-bond donors (Lipinski definition) is 0. The Bertz CT molecular complexity index is 1650. The maximum absolute atomic E-state index is 13.0. The number of carbonyl (C=O) groups excluding carboxylic acids is 5. The van der Waals surface area contributed by atoms with E-state index in [1.54, 1.807) is 12.1 Å². The van der Waals surface area contributed by atoms with E-state index >= 15 is 0 Å². The van der Waals surface area contributed by atoms with Gasteiger partial charge in [0, 0.05) is 12.1 Å². The number of nitrogens with zero attached hydrogens (tertiary/aromatic N) is 2. The molecule has 1 aliphatic heterocycles. The fourth-order valence-corrected chi connectivity index (χ4v) is 5.86. The van der Waals surface area contributed by atoms with Crippen molar-refractivity contribution < 1.29 is 38.4 Å². The summed E-state index contributed by atoms with van der Waals surface area (Å²) in [5.74, 6) is -3.27. The number of allylic oxidation sites excluding steroid dienone is 2. The Hall–Kier alpha value is -5.45. The van der Waals surface area contributed by atoms with Crippen LogP contribution in [-0.2, 0) is 14.3 Å². The number of rotatable bonds is 8. The number of anilines is 1. The fourth-order valence-electron chi connectivity index (χ4n) is 5.86. The van der Waals surface area contributed by atoms with Gasteiger partial charge < -0.3 is 9.47 Å². The van der Waals surface area contributed by atoms with E-state index in [9.17, 15) is 34.1 Å². The van der Waals surface area contributed by atoms with E-state index in [1.807, 2.05) is 12.2 Å². The number of para-hydroxylation sites is 1. The van der Waals surface area contributed by atoms with Crippen molar-refractivity contribution >= 4 is 40.9 Å². The van der Waals surface area contributed by atoms with Gasteiger partial charge in [0.1, 0.15) is 5.75 Å². The molecule has 2 aliphatic carbocycles. The number of imide groups is 1. The monoisotopic (exact) mass is 566 g/mol. The second kappa shape index (κ2) is 10.5. The first kappa shape index (κ1) is 26.8. The van der Waals surface area contributed by atoms with Crippen molar-refractivity contribution in [2.24, 2.45) is 23.7 Å². The first-order chi connectivity index (χ1) is 20.2. The molecule has 1 heterocycles. The maximum Gasteiger partial charge on any atom is 0.343 e. The zero-order valence-corrected chi connectivity index (χ0v) is 21.9. The molecule has 1 saturated heterocycles. The molecule has 0 spiro atoms. The van der Waals surface area contributed by atoms with Crippen LogP contribution in [-0.4, -0.2) is 41.1 Å². The van der Waals surface area contributed by atoms with Crippen LogP contribution in [0.4, 0.5) is 11.4 Å². The van der Waals surface area contributed by atoms with Crippen molar-refractivity contribution in [2.75, 3.05) is 11.5 Å². The number of fused-ring (bicyclic) bond motifs is 5. The smallest absolute Gasteiger partial charge is 0.343 e. The fraction of sp³-hybridized carbons (Fsp3) is 0.194. The first-order valence-corrected chi connectivity index (χ1v) is 13.1. The van der Waals surface area contributed by atoms with Crippen LogP contribution in [0.1, 0.15) is 37.5 Å². The van der Waals surface area contributed by atoms with E-state index in [-0.39, 0.29) is 63.6 Å². The predicted molar refractivity (Wildman–Crippen MR) is 146 cm³/mol. The number of nitro groups is 1. The molecule has 1 saturated carbocycles. The molecule has 2 amide bonds. The molecule has 3 aromatic rings. The highest BCUT2D eigenvalue weighted by Gasteiger charge is 2.59. The maximum atomic E-state index is 13.0. The van der Waals surface area contributed by atoms with Crippen molar-refractivity contribution in [3.05, 3.63) is 112 Å². The van der Waals surface area contributed by atoms with E-state index < -0.39 is 29.3 Å². The lowest BCUT2D eigenvalue weighted by Gasteiger charge is -2.17. The third-order valence-corrected chi connectivity index (χ3v) is 7.87. The summed E-state index contributed by atoms with van der Waals surface area (Å²) in [5.41, 5.74) is 0.335. The first-order valence-electron chi connectivity index (χ1n) is 13.1. The van der Waals surface area contributed by atoms with Crippen LogP contribution in [0.3, 0.4) is 0 Å². The number of ether oxygens (including phenoxy) is 2. The number of ketones is 1. The lowest BCUT2D eigenvalue weighted by Crippen LogP contribution is -2.32. The van der Waals surface area contributed by atoms with E-state index in [1.165, 1.54) is 53.4 Å². The zero-order valence-electron chi connectivity index (χ0n) is 21.9. The topological polar surface area (TPSA) is 150 Å². The Balaban J connectivity index is 1.08. The molecule has 0 N–H and O–H groups in total. The van der Waals surface area contributed by atoms with Gasteiger partial charge in [-0.3, -0.25) is 29.4 Å². The van der Waals surface area contributed by atoms with E-state index in [4.69, 9.17) is 9.47 Å². The van der Waals surface area contributed by atoms with Crippen LogP contribution in [0, 0.1) is 33.8 Å². The minimum absolute atomic E-state index is 0.00373. The van der Waals surface area contributed by atoms with Gasteiger partial charge in [-0.25, -0.2) is 9.59 Å². The molecule has 210 valence electrons. The van der Waals surface area contributed by atoms with E-state index in [2.05, 4.69) is 0 Å². The number of nitro benzene ring substituents is 1. The van der Waals surface area contributed by atoms with Crippen molar-refractivity contribution in [2.45, 2.75) is 6.42 Å². The number of non-ortho nitro benzene ring substituents is 1. The number of hydrogen-bond acceptors (Lipinski definition) is 9. The summed E-state index contributed by atoms with van der Waals surface area (Å²) in [5, 5.41) is 10.8. The molecule has 6 rings (SSSR count). The van der Waals surface area contributed by atoms with Gasteiger partial charge in [-0.2, -0.15) is 0 Å². The van der Waals surface area contributed by atoms with Crippen LogP contribution in [0.2, 0.25) is 0 Å². The number of esters is 2. The largest absolute Gasteiger partial charge is 0.454 e. The Morgan fingerprint density at radius 2 is 1.38 bits per heavy atom. The van der Waals surface area contributed by atoms with Crippen molar-refractivity contribution in [3.8, 4) is 5.75 Å². The van der Waals surface area contributed by atoms with E-state index in [0.29, 0.717) is 5.69 Å². The van der Waals surface area contributed by atoms with Crippen LogP contribution in [0.5, 0.6) is 5.75 Å². The molecule has 0 radical (unpaired) electrons. The number of amides is 2. The average Bonchev–Trinajstić information content (AvgIpc) is 3.69. The highest BCUT2D eigenvalue weighted by Crippen LogP contribution is 2.53. The van der Waals surface area contributed by atoms with Crippen LogP contribution in [0.25, 0.3) is 0 Å². The zero-order chi connectivity index (χ0) is 29.5. The molecule has 3 aromatic carbocycles. The number of Topliss-reactive ketones (excluding diaryl/α,β-unsaturated/α-hetero) is 1. The van der Waals surface area contributed by atoms with Crippen LogP contribution >= 0.6 is 0 Å². The minimum atomic E-state index is -0.829. The second-order valence-electron chi connectivity index (χ2n) is 10.2. The van der Waals surface area contributed by atoms with Gasteiger partial charge in [0.2, 0.25) is 17.6 Å². The van der Waals surface area contributed by atoms with Gasteiger partial charge in [-0.1, -0.05) is 24.3 Å². The summed E-state index contributed by atoms with van der Waals surface area (Å²) in [6.45, 7) is -0.644. The molecule has 0 unspecified atom stereocenters. The molecule has 0 aromatic heterocycles. The summed E-state index contributed by atoms with van der Waals surface area (Å²) in [6, 6.07) is 16.5. The minimum Gasteiger partial charge on any atom is -0.454 e. The summed E-state index contributed by atoms with van der Waals surface area (Å²) in [6.07, 6.45) is 4.86. The molecular weight excluding hydrogens is 544 g/mol. The molecule has 3 aliphatic rings. The van der Waals surface area contributed by atoms with Gasteiger partial charge in [0.25, 0.3) is 5.69 Å². The summed E-state index contributed by atoms with van der Waals surface area (Å²) in [7, 11) is 0. The van der Waals surface area contributed by atoms with Crippen molar-refractivity contribution in [3.63, 3.8) is 0 Å². The molecular formula is C31H22N2O9. The third kappa shape index (κ3) is 4.64. The number of benzene rings is 3. The highest BCUT2D eigenvalue weighted by atomic mass is 16.6. The second-order valence-corrected chi connectivity index (χ2v) is 10.2. The summed E-state index contributed by atoms with van der Waals surface area (Å²) >= 11 is 0. The molecule has 2 fully saturated rings. The number of carbonyl (C=O) groups is 5. The van der Waals surface area contributed by atoms with Crippen LogP contribution < -0.4 is 9.64 Å². The van der Waals surface area contributed by atoms with Gasteiger partial charge >= 0.3 is 11.9 Å². The highest BCUT2D eigenvalue weighted by molar-refractivity contribution is 6.22. The van der Waals surface area contributed by atoms with Gasteiger partial charge in [-0.15, -0.1) is 0 Å². The molecule has 11 heteroatoms. The Morgan fingerprint density at radius 3 is 2.00 bits per heavy atom. The van der Waals surface area contributed by atoms with Crippen molar-refractivity contribution in [1.82, 2.24) is 0 Å². The standard InChI is InChI=1S/C31H22N2O9/c34-24(23-3-1-2-4-25(23)42-31(38)18-9-13-22(14-10-18)33(39)40)16-41-30(37)17-7-11-21(12-8-17)32-28(35)26-19-5-6-20(15-19)27(26)29(32)36/h1-14,19-20,26-27H,15-16H2/t19-,20-,26+,27+/m0/s1. The normalized spacial score (nSPS) is 21.8. The van der Waals surface area contributed by atoms with E-state index in [0.717, 1.165) is 18.6 Å². The summed E-state index contributed by atoms with van der Waals surface area (Å²) in [4.78, 5) is 75.5. The SMILES string of the molecule is O=C(OCC(=O)c1ccccc1OC(=O)c1ccc([N+](=O)[O-])cc1)c1ccc(N2C(=O)[C@H]3[C@H](C2=O)[C@H]2C=C[C@H]3C2)cc1. The van der Waals surface area contributed by atoms with Crippen molar-refractivity contribution in [1.29, 1.82) is 0 Å². The quantitative estimate of drug-likeness (QED) is 0.0744. The Labute approximate surface area is 238 Å². The molecule has 2 bridgehead atoms. The van der Waals surface area contributed by atoms with Gasteiger partial charge in [0.05, 0.1) is 39.1 Å². The lowest BCUT2D eigenvalue weighted by atomic mass is 9.85. The van der Waals surface area contributed by atoms with Gasteiger partial charge in [-0.05, 0) is 66.8 Å². The molecule has 11 nitrogen and oxygen atoms in total. The molecule has 42 heavy (non-hydrogen) atoms. The average molecular weight is 567 g/mol. The Morgan fingerprint density at radius 1 is 0.810 bits per heavy atom. The summed E-state index contributed by atoms with van der Waals surface area (Å²) < 4.78 is 10.5. The molecule has 4 atom stereocenters. The third-order valence-electron chi connectivity index (χ3n) is 7.87. The lowest BCUT2D eigenvalue weighted by molar-refractivity contribution is -0.384. The predicted octanol–water partition coefficient (Wildman–Crippen LogP) is 4.17. The Kier molecular flexibility index (Phi) is 6.69.